The van der Waals surface area contributed by atoms with E-state index in [1.54, 1.807) is 0 Å². The average molecular weight is 669 g/mol. The molecule has 0 saturated carbocycles. The van der Waals surface area contributed by atoms with Gasteiger partial charge >= 0.3 is 0 Å². The zero-order valence-electron chi connectivity index (χ0n) is 31.4. The molecule has 47 heavy (non-hydrogen) atoms. The van der Waals surface area contributed by atoms with Gasteiger partial charge in [-0.3, -0.25) is 0 Å². The molecule has 6 heteroatoms. The first-order valence-electron chi connectivity index (χ1n) is 16.8. The first kappa shape index (κ1) is 36.8. The van der Waals surface area contributed by atoms with E-state index in [4.69, 9.17) is 22.9 Å². The number of hydrogen-bond acceptors (Lipinski definition) is 4. The van der Waals surface area contributed by atoms with Gasteiger partial charge < -0.3 is 22.9 Å². The van der Waals surface area contributed by atoms with Crippen LogP contribution in [0.25, 0.3) is 0 Å². The van der Waals surface area contributed by atoms with Gasteiger partial charge in [0.2, 0.25) is 0 Å². The highest BCUT2D eigenvalue weighted by Gasteiger charge is 2.33. The molecule has 252 valence electrons. The maximum absolute atomic E-state index is 7.04. The van der Waals surface area contributed by atoms with Gasteiger partial charge in [-0.1, -0.05) is 13.8 Å². The van der Waals surface area contributed by atoms with Crippen LogP contribution in [-0.4, -0.2) is 11.3 Å². The van der Waals surface area contributed by atoms with Gasteiger partial charge in [0.1, 0.15) is 0 Å². The van der Waals surface area contributed by atoms with Crippen molar-refractivity contribution >= 4 is 59.8 Å². The second kappa shape index (κ2) is 13.8. The van der Waals surface area contributed by atoms with Crippen molar-refractivity contribution in [2.24, 2.45) is 0 Å². The highest BCUT2D eigenvalue weighted by atomic mass is 31.1. The van der Waals surface area contributed by atoms with Crippen LogP contribution in [0.15, 0.2) is 24.3 Å². The van der Waals surface area contributed by atoms with Crippen molar-refractivity contribution < 1.29 is 0 Å². The van der Waals surface area contributed by atoms with Gasteiger partial charge in [0.05, 0.1) is 0 Å². The fourth-order valence-electron chi connectivity index (χ4n) is 7.03. The lowest BCUT2D eigenvalue weighted by molar-refractivity contribution is 0.793. The van der Waals surface area contributed by atoms with E-state index in [0.29, 0.717) is 11.3 Å². The maximum Gasteiger partial charge on any atom is 0.0428 e. The number of nitrogens with two attached hydrogens (primary N) is 4. The molecule has 0 heterocycles. The Morgan fingerprint density at radius 2 is 0.574 bits per heavy atom. The van der Waals surface area contributed by atoms with Crippen LogP contribution in [0.1, 0.15) is 87.0 Å². The molecule has 4 aromatic rings. The van der Waals surface area contributed by atoms with E-state index < -0.39 is 15.8 Å². The molecule has 0 amide bonds. The van der Waals surface area contributed by atoms with E-state index in [1.165, 1.54) is 88.0 Å². The lowest BCUT2D eigenvalue weighted by atomic mass is 10.0. The number of nitrogen functional groups attached to an aromatic ring is 4. The summed E-state index contributed by atoms with van der Waals surface area (Å²) in [6.45, 7) is 31.0. The van der Waals surface area contributed by atoms with Gasteiger partial charge in [-0.15, -0.1) is 0 Å². The van der Waals surface area contributed by atoms with Gasteiger partial charge in [-0.2, -0.15) is 0 Å². The quantitative estimate of drug-likeness (QED) is 0.112. The molecule has 0 saturated heterocycles. The topological polar surface area (TPSA) is 104 Å². The molecular formula is C41H58N4P2. The summed E-state index contributed by atoms with van der Waals surface area (Å²) in [4.78, 5) is 0. The summed E-state index contributed by atoms with van der Waals surface area (Å²) in [6, 6.07) is 9.36. The number of aryl methyl sites for hydroxylation is 4. The zero-order chi connectivity index (χ0) is 35.4. The fraction of sp³-hybridized carbons (Fsp3) is 0.415. The van der Waals surface area contributed by atoms with Crippen molar-refractivity contribution in [2.75, 3.05) is 22.9 Å². The first-order valence-corrected chi connectivity index (χ1v) is 19.7. The van der Waals surface area contributed by atoms with Crippen molar-refractivity contribution in [1.82, 2.24) is 0 Å². The second-order valence-electron chi connectivity index (χ2n) is 14.2. The Morgan fingerprint density at radius 1 is 0.383 bits per heavy atom. The average Bonchev–Trinajstić information content (AvgIpc) is 3.02. The van der Waals surface area contributed by atoms with Crippen molar-refractivity contribution in [3.63, 3.8) is 0 Å². The largest absolute Gasteiger partial charge is 0.398 e. The summed E-state index contributed by atoms with van der Waals surface area (Å²) in [7, 11) is -1.78. The minimum absolute atomic E-state index is 0.292. The third kappa shape index (κ3) is 6.54. The molecule has 2 unspecified atom stereocenters. The molecule has 0 aliphatic heterocycles. The lowest BCUT2D eigenvalue weighted by Crippen LogP contribution is -2.31. The zero-order valence-corrected chi connectivity index (χ0v) is 33.2. The molecule has 0 bridgehead atoms. The highest BCUT2D eigenvalue weighted by molar-refractivity contribution is 7.75. The fourth-order valence-corrected chi connectivity index (χ4v) is 13.7. The monoisotopic (exact) mass is 668 g/mol. The first-order chi connectivity index (χ1) is 21.8. The summed E-state index contributed by atoms with van der Waals surface area (Å²) in [6.07, 6.45) is 0.977. The van der Waals surface area contributed by atoms with E-state index >= 15 is 0 Å². The predicted molar refractivity (Wildman–Crippen MR) is 216 cm³/mol. The third-order valence-electron chi connectivity index (χ3n) is 11.4. The molecule has 8 N–H and O–H groups in total. The van der Waals surface area contributed by atoms with Crippen molar-refractivity contribution in [3.8, 4) is 0 Å². The summed E-state index contributed by atoms with van der Waals surface area (Å²) in [5.74, 6) is 0. The van der Waals surface area contributed by atoms with Crippen LogP contribution < -0.4 is 44.2 Å². The van der Waals surface area contributed by atoms with E-state index in [0.717, 1.165) is 29.2 Å². The molecule has 0 aliphatic rings. The van der Waals surface area contributed by atoms with Gasteiger partial charge in [-0.25, -0.2) is 0 Å². The van der Waals surface area contributed by atoms with E-state index in [2.05, 4.69) is 121 Å². The number of rotatable bonds is 8. The number of anilines is 4. The smallest absolute Gasteiger partial charge is 0.0428 e. The van der Waals surface area contributed by atoms with Gasteiger partial charge in [-0.05, 0) is 208 Å². The normalized spacial score (nSPS) is 13.1. The maximum atomic E-state index is 7.04. The van der Waals surface area contributed by atoms with Crippen LogP contribution in [0.2, 0.25) is 0 Å². The minimum atomic E-state index is -0.891. The molecule has 0 fully saturated rings. The summed E-state index contributed by atoms with van der Waals surface area (Å²) >= 11 is 0. The standard InChI is InChI=1S/C41H58N4P2/c1-20-15-34(38(42)30(11)26(20)7)46(35-16-21(2)27(8)31(12)39(35)43)24(5)19-25(6)47(36-17-22(3)28(9)32(13)40(36)44)37-18-23(4)29(10)33(14)41(37)45/h15-18,24-25H,19,42-45H2,1-14H3. The van der Waals surface area contributed by atoms with Crippen LogP contribution in [0, 0.1) is 83.1 Å². The molecular weight excluding hydrogens is 610 g/mol. The van der Waals surface area contributed by atoms with Crippen molar-refractivity contribution in [2.45, 2.75) is 115 Å². The van der Waals surface area contributed by atoms with Gasteiger partial charge in [0.25, 0.3) is 0 Å². The molecule has 0 radical (unpaired) electrons. The third-order valence-corrected chi connectivity index (χ3v) is 17.1. The van der Waals surface area contributed by atoms with Crippen molar-refractivity contribution in [3.05, 3.63) is 91.0 Å². The Hall–Kier alpha value is -3.06. The van der Waals surface area contributed by atoms with E-state index in [-0.39, 0.29) is 0 Å². The molecule has 4 aromatic carbocycles. The number of hydrogen-bond donors (Lipinski definition) is 4. The summed E-state index contributed by atoms with van der Waals surface area (Å²) in [5.41, 5.74) is 47.2. The molecule has 4 rings (SSSR count). The summed E-state index contributed by atoms with van der Waals surface area (Å²) < 4.78 is 0. The van der Waals surface area contributed by atoms with Gasteiger partial charge in [0, 0.05) is 44.0 Å². The second-order valence-corrected chi connectivity index (χ2v) is 19.3. The Bertz CT molecular complexity index is 1610. The van der Waals surface area contributed by atoms with Gasteiger partial charge in [0.15, 0.2) is 0 Å². The lowest BCUT2D eigenvalue weighted by Gasteiger charge is -2.35. The number of benzene rings is 4. The molecule has 0 aromatic heterocycles. The van der Waals surface area contributed by atoms with Crippen molar-refractivity contribution in [1.29, 1.82) is 0 Å². The molecule has 2 atom stereocenters. The predicted octanol–water partition coefficient (Wildman–Crippen LogP) is 8.45. The van der Waals surface area contributed by atoms with Crippen LogP contribution in [0.5, 0.6) is 0 Å². The SMILES string of the molecule is Cc1cc(P(c2cc(C)c(C)c(C)c2N)C(C)CC(C)P(c2cc(C)c(C)c(C)c2N)c2cc(C)c(C)c(C)c2N)c(N)c(C)c1C. The minimum Gasteiger partial charge on any atom is -0.398 e. The summed E-state index contributed by atoms with van der Waals surface area (Å²) in [5, 5.41) is 4.95. The Balaban J connectivity index is 1.97. The van der Waals surface area contributed by atoms with Crippen LogP contribution >= 0.6 is 15.8 Å². The Kier molecular flexibility index (Phi) is 10.8. The van der Waals surface area contributed by atoms with Crippen LogP contribution in [-0.2, 0) is 0 Å². The molecule has 0 aliphatic carbocycles. The van der Waals surface area contributed by atoms with E-state index in [1.807, 2.05) is 0 Å². The van der Waals surface area contributed by atoms with E-state index in [9.17, 15) is 0 Å². The van der Waals surface area contributed by atoms with Crippen LogP contribution in [0.3, 0.4) is 0 Å². The molecule has 0 spiro atoms. The Morgan fingerprint density at radius 3 is 0.766 bits per heavy atom. The molecule has 4 nitrogen and oxygen atoms in total. The van der Waals surface area contributed by atoms with Crippen LogP contribution in [0.4, 0.5) is 22.7 Å². The highest BCUT2D eigenvalue weighted by Crippen LogP contribution is 2.52. The Labute approximate surface area is 287 Å².